The van der Waals surface area contributed by atoms with Crippen molar-refractivity contribution in [2.75, 3.05) is 6.54 Å². The zero-order chi connectivity index (χ0) is 10.2. The molecule has 1 aromatic carbocycles. The number of benzene rings is 1. The van der Waals surface area contributed by atoms with Crippen molar-refractivity contribution in [1.29, 1.82) is 0 Å². The highest BCUT2D eigenvalue weighted by Gasteiger charge is 1.94. The highest BCUT2D eigenvalue weighted by molar-refractivity contribution is 5.85. The van der Waals surface area contributed by atoms with Crippen LogP contribution < -0.4 is 5.73 Å². The van der Waals surface area contributed by atoms with Gasteiger partial charge >= 0.3 is 0 Å². The Morgan fingerprint density at radius 1 is 0.933 bits per heavy atom. The number of aryl methyl sites for hydroxylation is 1. The lowest BCUT2D eigenvalue weighted by Gasteiger charge is -2.02. The summed E-state index contributed by atoms with van der Waals surface area (Å²) in [6.07, 6.45) is 6.16. The minimum Gasteiger partial charge on any atom is -0.330 e. The summed E-state index contributed by atoms with van der Waals surface area (Å²) >= 11 is 0. The lowest BCUT2D eigenvalue weighted by molar-refractivity contribution is 0.717. The van der Waals surface area contributed by atoms with Gasteiger partial charge in [0.05, 0.1) is 0 Å². The van der Waals surface area contributed by atoms with Crippen molar-refractivity contribution in [2.24, 2.45) is 5.73 Å². The molecule has 0 fully saturated rings. The first-order chi connectivity index (χ1) is 6.86. The smallest absolute Gasteiger partial charge is 0.00367 e. The van der Waals surface area contributed by atoms with Crippen molar-refractivity contribution in [3.63, 3.8) is 0 Å². The molecule has 0 unspecified atom stereocenters. The van der Waals surface area contributed by atoms with E-state index in [1.165, 1.54) is 36.8 Å². The van der Waals surface area contributed by atoms with E-state index in [0.29, 0.717) is 0 Å². The number of hydrogen-bond acceptors (Lipinski definition) is 1. The number of halogens is 1. The van der Waals surface area contributed by atoms with Crippen molar-refractivity contribution < 1.29 is 0 Å². The summed E-state index contributed by atoms with van der Waals surface area (Å²) in [5.74, 6) is 0. The molecule has 1 nitrogen and oxygen atoms in total. The summed E-state index contributed by atoms with van der Waals surface area (Å²) in [6.45, 7) is 2.99. The highest BCUT2D eigenvalue weighted by atomic mass is 35.5. The molecule has 0 amide bonds. The van der Waals surface area contributed by atoms with Crippen LogP contribution in [0.3, 0.4) is 0 Å². The van der Waals surface area contributed by atoms with Crippen LogP contribution in [0.4, 0.5) is 0 Å². The number of nitrogens with two attached hydrogens (primary N) is 1. The molecule has 0 radical (unpaired) electrons. The number of rotatable bonds is 6. The number of unbranched alkanes of at least 4 members (excludes halogenated alkanes) is 2. The van der Waals surface area contributed by atoms with E-state index in [0.717, 1.165) is 13.0 Å². The van der Waals surface area contributed by atoms with Gasteiger partial charge in [-0.3, -0.25) is 0 Å². The SMILES string of the molecule is CCCCCc1ccc(CCN)cc1.Cl. The van der Waals surface area contributed by atoms with Crippen LogP contribution >= 0.6 is 12.4 Å². The summed E-state index contributed by atoms with van der Waals surface area (Å²) in [6, 6.07) is 8.88. The zero-order valence-corrected chi connectivity index (χ0v) is 10.4. The minimum absolute atomic E-state index is 0. The van der Waals surface area contributed by atoms with Crippen molar-refractivity contribution in [3.05, 3.63) is 35.4 Å². The fourth-order valence-corrected chi connectivity index (χ4v) is 1.62. The van der Waals surface area contributed by atoms with E-state index < -0.39 is 0 Å². The van der Waals surface area contributed by atoms with Crippen molar-refractivity contribution in [3.8, 4) is 0 Å². The van der Waals surface area contributed by atoms with E-state index in [4.69, 9.17) is 5.73 Å². The van der Waals surface area contributed by atoms with Gasteiger partial charge in [0.2, 0.25) is 0 Å². The van der Waals surface area contributed by atoms with Gasteiger partial charge in [0.15, 0.2) is 0 Å². The Bertz CT molecular complexity index is 243. The third kappa shape index (κ3) is 5.81. The van der Waals surface area contributed by atoms with E-state index in [1.807, 2.05) is 0 Å². The van der Waals surface area contributed by atoms with E-state index in [9.17, 15) is 0 Å². The average molecular weight is 228 g/mol. The molecule has 0 aliphatic heterocycles. The Morgan fingerprint density at radius 3 is 1.93 bits per heavy atom. The van der Waals surface area contributed by atoms with Crippen LogP contribution in [0.25, 0.3) is 0 Å². The Kier molecular flexibility index (Phi) is 8.44. The first-order valence-electron chi connectivity index (χ1n) is 5.64. The Morgan fingerprint density at radius 2 is 1.47 bits per heavy atom. The van der Waals surface area contributed by atoms with Crippen LogP contribution in [-0.2, 0) is 12.8 Å². The van der Waals surface area contributed by atoms with Crippen LogP contribution in [0, 0.1) is 0 Å². The quantitative estimate of drug-likeness (QED) is 0.742. The van der Waals surface area contributed by atoms with Gasteiger partial charge in [0.1, 0.15) is 0 Å². The molecule has 1 aromatic rings. The van der Waals surface area contributed by atoms with E-state index >= 15 is 0 Å². The van der Waals surface area contributed by atoms with Gasteiger partial charge in [0, 0.05) is 0 Å². The summed E-state index contributed by atoms with van der Waals surface area (Å²) in [5.41, 5.74) is 8.31. The predicted molar refractivity (Wildman–Crippen MR) is 69.7 cm³/mol. The zero-order valence-electron chi connectivity index (χ0n) is 9.54. The topological polar surface area (TPSA) is 26.0 Å². The Balaban J connectivity index is 0.00000196. The molecule has 0 bridgehead atoms. The molecule has 0 aliphatic rings. The van der Waals surface area contributed by atoms with Crippen LogP contribution in [-0.4, -0.2) is 6.54 Å². The van der Waals surface area contributed by atoms with E-state index in [2.05, 4.69) is 31.2 Å². The highest BCUT2D eigenvalue weighted by Crippen LogP contribution is 2.08. The molecule has 0 aromatic heterocycles. The second-order valence-corrected chi connectivity index (χ2v) is 3.81. The molecular formula is C13H22ClN. The molecule has 0 saturated carbocycles. The standard InChI is InChI=1S/C13H21N.ClH/c1-2-3-4-5-12-6-8-13(9-7-12)10-11-14;/h6-9H,2-5,10-11,14H2,1H3;1H. The maximum Gasteiger partial charge on any atom is -0.00367 e. The van der Waals surface area contributed by atoms with Crippen LogP contribution in [0.5, 0.6) is 0 Å². The summed E-state index contributed by atoms with van der Waals surface area (Å²) < 4.78 is 0. The molecule has 1 rings (SSSR count). The van der Waals surface area contributed by atoms with Crippen molar-refractivity contribution in [1.82, 2.24) is 0 Å². The summed E-state index contributed by atoms with van der Waals surface area (Å²) in [7, 11) is 0. The fourth-order valence-electron chi connectivity index (χ4n) is 1.62. The van der Waals surface area contributed by atoms with Gasteiger partial charge in [-0.2, -0.15) is 0 Å². The van der Waals surface area contributed by atoms with Crippen molar-refractivity contribution >= 4 is 12.4 Å². The third-order valence-electron chi connectivity index (χ3n) is 2.52. The maximum absolute atomic E-state index is 5.50. The van der Waals surface area contributed by atoms with Gasteiger partial charge in [0.25, 0.3) is 0 Å². The normalized spacial score (nSPS) is 9.73. The van der Waals surface area contributed by atoms with Gasteiger partial charge in [-0.1, -0.05) is 44.0 Å². The average Bonchev–Trinajstić information content (AvgIpc) is 2.21. The van der Waals surface area contributed by atoms with E-state index in [1.54, 1.807) is 0 Å². The first-order valence-corrected chi connectivity index (χ1v) is 5.64. The largest absolute Gasteiger partial charge is 0.330 e. The fraction of sp³-hybridized carbons (Fsp3) is 0.538. The lowest BCUT2D eigenvalue weighted by Crippen LogP contribution is -2.02. The molecule has 0 spiro atoms. The summed E-state index contributed by atoms with van der Waals surface area (Å²) in [4.78, 5) is 0. The van der Waals surface area contributed by atoms with Gasteiger partial charge in [-0.25, -0.2) is 0 Å². The van der Waals surface area contributed by atoms with Gasteiger partial charge in [-0.15, -0.1) is 12.4 Å². The van der Waals surface area contributed by atoms with E-state index in [-0.39, 0.29) is 12.4 Å². The molecule has 15 heavy (non-hydrogen) atoms. The second-order valence-electron chi connectivity index (χ2n) is 3.81. The minimum atomic E-state index is 0. The summed E-state index contributed by atoms with van der Waals surface area (Å²) in [5, 5.41) is 0. The molecular weight excluding hydrogens is 206 g/mol. The van der Waals surface area contributed by atoms with Gasteiger partial charge in [-0.05, 0) is 36.9 Å². The maximum atomic E-state index is 5.50. The molecule has 2 heteroatoms. The van der Waals surface area contributed by atoms with Crippen LogP contribution in [0.1, 0.15) is 37.3 Å². The molecule has 0 saturated heterocycles. The second kappa shape index (κ2) is 8.75. The predicted octanol–water partition coefficient (Wildman–Crippen LogP) is 3.34. The number of hydrogen-bond donors (Lipinski definition) is 1. The molecule has 2 N–H and O–H groups in total. The first kappa shape index (κ1) is 14.5. The molecule has 0 atom stereocenters. The van der Waals surface area contributed by atoms with Crippen LogP contribution in [0.15, 0.2) is 24.3 Å². The van der Waals surface area contributed by atoms with Gasteiger partial charge < -0.3 is 5.73 Å². The third-order valence-corrected chi connectivity index (χ3v) is 2.52. The van der Waals surface area contributed by atoms with Crippen LogP contribution in [0.2, 0.25) is 0 Å². The van der Waals surface area contributed by atoms with Crippen molar-refractivity contribution in [2.45, 2.75) is 39.0 Å². The Hall–Kier alpha value is -0.530. The molecule has 0 aliphatic carbocycles. The monoisotopic (exact) mass is 227 g/mol. The molecule has 0 heterocycles. The molecule has 86 valence electrons. The lowest BCUT2D eigenvalue weighted by atomic mass is 10.0. The Labute approximate surface area is 99.5 Å².